The van der Waals surface area contributed by atoms with Gasteiger partial charge in [-0.05, 0) is 38.5 Å². The molecule has 0 fully saturated rings. The van der Waals surface area contributed by atoms with Gasteiger partial charge in [0.1, 0.15) is 0 Å². The number of ether oxygens (including phenoxy) is 1. The van der Waals surface area contributed by atoms with E-state index < -0.39 is 0 Å². The maximum atomic E-state index is 5.82. The lowest BCUT2D eigenvalue weighted by atomic mass is 10.1. The number of rotatable bonds is 27. The predicted molar refractivity (Wildman–Crippen MR) is 142 cm³/mol. The van der Waals surface area contributed by atoms with E-state index in [1.54, 1.807) is 0 Å². The van der Waals surface area contributed by atoms with Crippen molar-refractivity contribution in [3.63, 3.8) is 0 Å². The monoisotopic (exact) mass is 436 g/mol. The van der Waals surface area contributed by atoms with Crippen molar-refractivity contribution >= 4 is 0 Å². The Morgan fingerprint density at radius 2 is 0.645 bits per heavy atom. The Labute approximate surface area is 198 Å². The first-order valence-corrected chi connectivity index (χ1v) is 14.6. The Balaban J connectivity index is 3.04. The fourth-order valence-corrected chi connectivity index (χ4v) is 4.25. The minimum Gasteiger partial charge on any atom is -0.381 e. The summed E-state index contributed by atoms with van der Waals surface area (Å²) in [4.78, 5) is 0. The number of hydrogen-bond acceptors (Lipinski definition) is 1. The zero-order valence-electron chi connectivity index (χ0n) is 21.9. The Kier molecular flexibility index (Phi) is 29.4. The summed E-state index contributed by atoms with van der Waals surface area (Å²) in [7, 11) is 0. The molecule has 1 nitrogen and oxygen atoms in total. The van der Waals surface area contributed by atoms with Crippen molar-refractivity contribution in [1.29, 1.82) is 0 Å². The summed E-state index contributed by atoms with van der Waals surface area (Å²) in [6.07, 6.45) is 38.1. The zero-order valence-corrected chi connectivity index (χ0v) is 21.9. The summed E-state index contributed by atoms with van der Waals surface area (Å²) >= 11 is 0. The van der Waals surface area contributed by atoms with E-state index in [0.717, 1.165) is 13.2 Å². The summed E-state index contributed by atoms with van der Waals surface area (Å²) in [5, 5.41) is 0. The van der Waals surface area contributed by atoms with Crippen LogP contribution in [0.5, 0.6) is 0 Å². The molecule has 0 saturated carbocycles. The van der Waals surface area contributed by atoms with E-state index in [4.69, 9.17) is 4.74 Å². The molecule has 31 heavy (non-hydrogen) atoms. The summed E-state index contributed by atoms with van der Waals surface area (Å²) in [5.74, 6) is 0. The van der Waals surface area contributed by atoms with E-state index in [-0.39, 0.29) is 0 Å². The Morgan fingerprint density at radius 1 is 0.355 bits per heavy atom. The van der Waals surface area contributed by atoms with Gasteiger partial charge < -0.3 is 4.74 Å². The molecule has 0 bridgehead atoms. The average molecular weight is 437 g/mol. The first-order chi connectivity index (χ1) is 15.4. The average Bonchev–Trinajstić information content (AvgIpc) is 2.78. The van der Waals surface area contributed by atoms with Crippen LogP contribution in [-0.4, -0.2) is 13.2 Å². The largest absolute Gasteiger partial charge is 0.381 e. The SMILES string of the molecule is CCCCCCCCC=CCCCCCCCCOCCCCCCCCCCCC. The van der Waals surface area contributed by atoms with Gasteiger partial charge in [0, 0.05) is 13.2 Å². The van der Waals surface area contributed by atoms with E-state index in [1.165, 1.54) is 154 Å². The molecule has 0 saturated heterocycles. The molecule has 0 N–H and O–H groups in total. The maximum absolute atomic E-state index is 5.82. The minimum absolute atomic E-state index is 0.985. The molecule has 0 aromatic heterocycles. The Bertz CT molecular complexity index is 322. The van der Waals surface area contributed by atoms with Gasteiger partial charge in [-0.15, -0.1) is 0 Å². The first kappa shape index (κ1) is 30.7. The summed E-state index contributed by atoms with van der Waals surface area (Å²) in [6, 6.07) is 0. The van der Waals surface area contributed by atoms with Crippen molar-refractivity contribution in [2.75, 3.05) is 13.2 Å². The summed E-state index contributed by atoms with van der Waals surface area (Å²) in [5.41, 5.74) is 0. The van der Waals surface area contributed by atoms with Crippen LogP contribution in [0.15, 0.2) is 12.2 Å². The van der Waals surface area contributed by atoms with Gasteiger partial charge in [-0.1, -0.05) is 142 Å². The molecular weight excluding hydrogens is 376 g/mol. The standard InChI is InChI=1S/C30H60O/c1-3-5-7-9-11-13-15-16-17-18-19-20-22-24-26-28-30-31-29-27-25-23-21-14-12-10-8-6-4-2/h16-17H,3-15,18-30H2,1-2H3. The van der Waals surface area contributed by atoms with Crippen molar-refractivity contribution in [2.24, 2.45) is 0 Å². The lowest BCUT2D eigenvalue weighted by molar-refractivity contribution is 0.125. The van der Waals surface area contributed by atoms with Crippen LogP contribution in [0.2, 0.25) is 0 Å². The van der Waals surface area contributed by atoms with E-state index in [9.17, 15) is 0 Å². The van der Waals surface area contributed by atoms with E-state index >= 15 is 0 Å². The van der Waals surface area contributed by atoms with Crippen LogP contribution in [0.3, 0.4) is 0 Å². The molecule has 0 atom stereocenters. The fraction of sp³-hybridized carbons (Fsp3) is 0.933. The second-order valence-electron chi connectivity index (χ2n) is 9.73. The molecule has 0 aliphatic carbocycles. The molecule has 0 aliphatic heterocycles. The first-order valence-electron chi connectivity index (χ1n) is 14.6. The van der Waals surface area contributed by atoms with Crippen LogP contribution in [0.25, 0.3) is 0 Å². The van der Waals surface area contributed by atoms with Crippen molar-refractivity contribution in [3.05, 3.63) is 12.2 Å². The van der Waals surface area contributed by atoms with Crippen LogP contribution in [0.4, 0.5) is 0 Å². The smallest absolute Gasteiger partial charge is 0.0466 e. The van der Waals surface area contributed by atoms with Gasteiger partial charge in [0.15, 0.2) is 0 Å². The number of allylic oxidation sites excluding steroid dienone is 2. The maximum Gasteiger partial charge on any atom is 0.0466 e. The molecule has 0 unspecified atom stereocenters. The third kappa shape index (κ3) is 29.7. The molecule has 186 valence electrons. The van der Waals surface area contributed by atoms with Crippen molar-refractivity contribution in [2.45, 2.75) is 168 Å². The molecule has 0 aromatic rings. The highest BCUT2D eigenvalue weighted by Gasteiger charge is 1.95. The van der Waals surface area contributed by atoms with Crippen LogP contribution in [-0.2, 0) is 4.74 Å². The van der Waals surface area contributed by atoms with Crippen LogP contribution >= 0.6 is 0 Å². The summed E-state index contributed by atoms with van der Waals surface area (Å²) in [6.45, 7) is 6.55. The van der Waals surface area contributed by atoms with Crippen molar-refractivity contribution in [3.8, 4) is 0 Å². The molecule has 0 heterocycles. The number of hydrogen-bond donors (Lipinski definition) is 0. The van der Waals surface area contributed by atoms with Crippen molar-refractivity contribution in [1.82, 2.24) is 0 Å². The Hall–Kier alpha value is -0.300. The normalized spacial score (nSPS) is 11.7. The second kappa shape index (κ2) is 29.7. The molecule has 0 aromatic carbocycles. The number of unbranched alkanes of at least 4 members (excludes halogenated alkanes) is 21. The van der Waals surface area contributed by atoms with E-state index in [2.05, 4.69) is 26.0 Å². The van der Waals surface area contributed by atoms with Gasteiger partial charge in [-0.3, -0.25) is 0 Å². The molecule has 1 heteroatoms. The molecule has 0 radical (unpaired) electrons. The van der Waals surface area contributed by atoms with Crippen LogP contribution in [0, 0.1) is 0 Å². The molecular formula is C30H60O. The van der Waals surface area contributed by atoms with Gasteiger partial charge in [0.25, 0.3) is 0 Å². The molecule has 0 rings (SSSR count). The predicted octanol–water partition coefficient (Wildman–Crippen LogP) is 11.0. The third-order valence-electron chi connectivity index (χ3n) is 6.44. The van der Waals surface area contributed by atoms with Gasteiger partial charge in [0.2, 0.25) is 0 Å². The van der Waals surface area contributed by atoms with Gasteiger partial charge in [-0.25, -0.2) is 0 Å². The molecule has 0 amide bonds. The van der Waals surface area contributed by atoms with Crippen molar-refractivity contribution < 1.29 is 4.74 Å². The van der Waals surface area contributed by atoms with E-state index in [0.29, 0.717) is 0 Å². The highest BCUT2D eigenvalue weighted by atomic mass is 16.5. The fourth-order valence-electron chi connectivity index (χ4n) is 4.25. The molecule has 0 aliphatic rings. The highest BCUT2D eigenvalue weighted by Crippen LogP contribution is 2.12. The Morgan fingerprint density at radius 3 is 1.00 bits per heavy atom. The van der Waals surface area contributed by atoms with E-state index in [1.807, 2.05) is 0 Å². The minimum atomic E-state index is 0.985. The lowest BCUT2D eigenvalue weighted by Crippen LogP contribution is -1.97. The third-order valence-corrected chi connectivity index (χ3v) is 6.44. The topological polar surface area (TPSA) is 9.23 Å². The lowest BCUT2D eigenvalue weighted by Gasteiger charge is -2.05. The quantitative estimate of drug-likeness (QED) is 0.0918. The van der Waals surface area contributed by atoms with Gasteiger partial charge in [0.05, 0.1) is 0 Å². The van der Waals surface area contributed by atoms with Crippen LogP contribution in [0.1, 0.15) is 168 Å². The molecule has 0 spiro atoms. The second-order valence-corrected chi connectivity index (χ2v) is 9.73. The van der Waals surface area contributed by atoms with Gasteiger partial charge in [-0.2, -0.15) is 0 Å². The van der Waals surface area contributed by atoms with Crippen LogP contribution < -0.4 is 0 Å². The summed E-state index contributed by atoms with van der Waals surface area (Å²) < 4.78 is 5.82. The zero-order chi connectivity index (χ0) is 22.5. The highest BCUT2D eigenvalue weighted by molar-refractivity contribution is 4.81. The van der Waals surface area contributed by atoms with Gasteiger partial charge >= 0.3 is 0 Å².